The zero-order chi connectivity index (χ0) is 21.4. The average Bonchev–Trinajstić information content (AvgIpc) is 2.53. The maximum atomic E-state index is 13.9. The fourth-order valence-electron chi connectivity index (χ4n) is 2.64. The van der Waals surface area contributed by atoms with Crippen molar-refractivity contribution in [2.24, 2.45) is 0 Å². The highest BCUT2D eigenvalue weighted by Gasteiger charge is 2.35. The van der Waals surface area contributed by atoms with Crippen LogP contribution in [-0.4, -0.2) is 19.5 Å². The molecule has 0 spiro atoms. The van der Waals surface area contributed by atoms with Gasteiger partial charge >= 0.3 is 12.1 Å². The number of hydrogen-bond acceptors (Lipinski definition) is 3. The molecule has 5 nitrogen and oxygen atoms in total. The van der Waals surface area contributed by atoms with E-state index in [0.29, 0.717) is 5.56 Å². The van der Waals surface area contributed by atoms with E-state index in [4.69, 9.17) is 0 Å². The van der Waals surface area contributed by atoms with Gasteiger partial charge in [0.15, 0.2) is 0 Å². The molecule has 2 N–H and O–H groups in total. The molecule has 0 aromatic heterocycles. The maximum Gasteiger partial charge on any atom is 0.419 e. The fourth-order valence-corrected chi connectivity index (χ4v) is 3.89. The number of aromatic carboxylic acids is 1. The lowest BCUT2D eigenvalue weighted by atomic mass is 10.0. The summed E-state index contributed by atoms with van der Waals surface area (Å²) in [5.74, 6) is -4.53. The standard InChI is InChI=1S/C17H14F5NO4S/c1-8-3-4-14(9(2)15(8)16(24)25)28(26,27)23-7-10-5-13(19)11(6-12(10)18)17(20,21)22/h3-6,23H,7H2,1-2H3,(H,24,25). The zero-order valence-corrected chi connectivity index (χ0v) is 15.3. The van der Waals surface area contributed by atoms with Crippen molar-refractivity contribution in [2.45, 2.75) is 31.5 Å². The van der Waals surface area contributed by atoms with Crippen LogP contribution in [0.15, 0.2) is 29.2 Å². The molecular weight excluding hydrogens is 409 g/mol. The van der Waals surface area contributed by atoms with Gasteiger partial charge in [-0.3, -0.25) is 0 Å². The Morgan fingerprint density at radius 3 is 2.25 bits per heavy atom. The Morgan fingerprint density at radius 1 is 1.11 bits per heavy atom. The van der Waals surface area contributed by atoms with E-state index in [-0.39, 0.29) is 23.3 Å². The van der Waals surface area contributed by atoms with Crippen LogP contribution in [0.3, 0.4) is 0 Å². The van der Waals surface area contributed by atoms with Gasteiger partial charge in [0.1, 0.15) is 11.6 Å². The average molecular weight is 423 g/mol. The Kier molecular flexibility index (Phi) is 5.81. The van der Waals surface area contributed by atoms with Gasteiger partial charge in [-0.2, -0.15) is 13.2 Å². The van der Waals surface area contributed by atoms with Crippen molar-refractivity contribution < 1.29 is 40.3 Å². The van der Waals surface area contributed by atoms with Crippen LogP contribution in [0.5, 0.6) is 0 Å². The van der Waals surface area contributed by atoms with Crippen LogP contribution < -0.4 is 4.72 Å². The predicted octanol–water partition coefficient (Wildman–Crippen LogP) is 3.78. The van der Waals surface area contributed by atoms with E-state index in [9.17, 15) is 40.3 Å². The van der Waals surface area contributed by atoms with E-state index in [1.54, 1.807) is 0 Å². The molecule has 0 amide bonds. The van der Waals surface area contributed by atoms with Crippen LogP contribution in [0.1, 0.15) is 32.6 Å². The second-order valence-electron chi connectivity index (χ2n) is 5.93. The largest absolute Gasteiger partial charge is 0.478 e. The molecule has 0 radical (unpaired) electrons. The number of carboxylic acid groups (broad SMARTS) is 1. The first kappa shape index (κ1) is 21.8. The third-order valence-corrected chi connectivity index (χ3v) is 5.57. The van der Waals surface area contributed by atoms with Crippen LogP contribution >= 0.6 is 0 Å². The molecule has 0 atom stereocenters. The number of sulfonamides is 1. The molecule has 0 aliphatic heterocycles. The van der Waals surface area contributed by atoms with E-state index >= 15 is 0 Å². The molecule has 0 heterocycles. The normalized spacial score (nSPS) is 12.2. The van der Waals surface area contributed by atoms with E-state index in [2.05, 4.69) is 0 Å². The number of rotatable bonds is 5. The monoisotopic (exact) mass is 423 g/mol. The minimum atomic E-state index is -5.10. The maximum absolute atomic E-state index is 13.9. The number of halogens is 5. The Hall–Kier alpha value is -2.53. The number of benzene rings is 2. The summed E-state index contributed by atoms with van der Waals surface area (Å²) < 4.78 is 92.0. The van der Waals surface area contributed by atoms with Gasteiger partial charge in [0.05, 0.1) is 16.0 Å². The van der Waals surface area contributed by atoms with Crippen LogP contribution in [0.25, 0.3) is 0 Å². The minimum absolute atomic E-state index is 0.0569. The lowest BCUT2D eigenvalue weighted by Gasteiger charge is -2.14. The van der Waals surface area contributed by atoms with E-state index in [1.165, 1.54) is 19.9 Å². The first-order valence-corrected chi connectivity index (χ1v) is 9.12. The molecule has 28 heavy (non-hydrogen) atoms. The van der Waals surface area contributed by atoms with Crippen molar-refractivity contribution in [1.29, 1.82) is 0 Å². The van der Waals surface area contributed by atoms with Crippen LogP contribution in [0.4, 0.5) is 22.0 Å². The molecule has 0 fully saturated rings. The van der Waals surface area contributed by atoms with Crippen LogP contribution in [-0.2, 0) is 22.7 Å². The third-order valence-electron chi connectivity index (χ3n) is 4.02. The second-order valence-corrected chi connectivity index (χ2v) is 7.67. The van der Waals surface area contributed by atoms with Gasteiger partial charge in [-0.05, 0) is 43.2 Å². The Balaban J connectivity index is 2.36. The van der Waals surface area contributed by atoms with Gasteiger partial charge < -0.3 is 5.11 Å². The summed E-state index contributed by atoms with van der Waals surface area (Å²) in [7, 11) is -4.35. The molecule has 152 valence electrons. The highest BCUT2D eigenvalue weighted by atomic mass is 32.2. The molecule has 0 saturated heterocycles. The van der Waals surface area contributed by atoms with Crippen molar-refractivity contribution in [3.63, 3.8) is 0 Å². The summed E-state index contributed by atoms with van der Waals surface area (Å²) in [5.41, 5.74) is -2.43. The molecule has 0 saturated carbocycles. The van der Waals surface area contributed by atoms with Gasteiger partial charge in [-0.1, -0.05) is 6.07 Å². The zero-order valence-electron chi connectivity index (χ0n) is 14.5. The number of aryl methyl sites for hydroxylation is 1. The first-order valence-electron chi connectivity index (χ1n) is 7.64. The van der Waals surface area contributed by atoms with Gasteiger partial charge in [0.2, 0.25) is 10.0 Å². The molecule has 11 heteroatoms. The quantitative estimate of drug-likeness (QED) is 0.717. The number of carbonyl (C=O) groups is 1. The SMILES string of the molecule is Cc1ccc(S(=O)(=O)NCc2cc(F)c(C(F)(F)F)cc2F)c(C)c1C(=O)O. The molecule has 0 bridgehead atoms. The predicted molar refractivity (Wildman–Crippen MR) is 88.3 cm³/mol. The summed E-state index contributed by atoms with van der Waals surface area (Å²) in [5, 5.41) is 9.20. The number of alkyl halides is 3. The Morgan fingerprint density at radius 2 is 1.71 bits per heavy atom. The fraction of sp³-hybridized carbons (Fsp3) is 0.235. The number of nitrogens with one attached hydrogen (secondary N) is 1. The van der Waals surface area contributed by atoms with Crippen molar-refractivity contribution in [1.82, 2.24) is 4.72 Å². The highest BCUT2D eigenvalue weighted by Crippen LogP contribution is 2.32. The van der Waals surface area contributed by atoms with E-state index < -0.39 is 56.4 Å². The lowest BCUT2D eigenvalue weighted by molar-refractivity contribution is -0.140. The second kappa shape index (κ2) is 7.47. The minimum Gasteiger partial charge on any atom is -0.478 e. The van der Waals surface area contributed by atoms with Gasteiger partial charge in [0.25, 0.3) is 0 Å². The molecule has 2 aromatic carbocycles. The van der Waals surface area contributed by atoms with Gasteiger partial charge in [0, 0.05) is 12.1 Å². The van der Waals surface area contributed by atoms with Gasteiger partial charge in [-0.15, -0.1) is 0 Å². The van der Waals surface area contributed by atoms with Crippen molar-refractivity contribution in [3.8, 4) is 0 Å². The number of carboxylic acids is 1. The Labute approximate surface area is 156 Å². The summed E-state index contributed by atoms with van der Waals surface area (Å²) in [4.78, 5) is 10.9. The summed E-state index contributed by atoms with van der Waals surface area (Å²) in [6.45, 7) is 1.91. The molecule has 0 aliphatic carbocycles. The summed E-state index contributed by atoms with van der Waals surface area (Å²) >= 11 is 0. The molecular formula is C17H14F5NO4S. The lowest BCUT2D eigenvalue weighted by Crippen LogP contribution is -2.25. The van der Waals surface area contributed by atoms with Crippen molar-refractivity contribution in [3.05, 3.63) is 63.7 Å². The summed E-state index contributed by atoms with van der Waals surface area (Å²) in [6.07, 6.45) is -5.10. The van der Waals surface area contributed by atoms with E-state index in [1.807, 2.05) is 4.72 Å². The van der Waals surface area contributed by atoms with Gasteiger partial charge in [-0.25, -0.2) is 26.7 Å². The topological polar surface area (TPSA) is 83.5 Å². The van der Waals surface area contributed by atoms with Crippen LogP contribution in [0, 0.1) is 25.5 Å². The van der Waals surface area contributed by atoms with Crippen molar-refractivity contribution in [2.75, 3.05) is 0 Å². The van der Waals surface area contributed by atoms with Crippen LogP contribution in [0.2, 0.25) is 0 Å². The number of hydrogen-bond donors (Lipinski definition) is 2. The molecule has 2 aromatic rings. The van der Waals surface area contributed by atoms with E-state index in [0.717, 1.165) is 6.07 Å². The smallest absolute Gasteiger partial charge is 0.419 e. The Bertz CT molecular complexity index is 1050. The molecule has 0 aliphatic rings. The molecule has 2 rings (SSSR count). The molecule has 0 unspecified atom stereocenters. The first-order chi connectivity index (χ1) is 12.8. The summed E-state index contributed by atoms with van der Waals surface area (Å²) in [6, 6.07) is 2.61. The highest BCUT2D eigenvalue weighted by molar-refractivity contribution is 7.89. The third kappa shape index (κ3) is 4.30. The van der Waals surface area contributed by atoms with Crippen molar-refractivity contribution >= 4 is 16.0 Å².